The predicted molar refractivity (Wildman–Crippen MR) is 70.1 cm³/mol. The van der Waals surface area contributed by atoms with Gasteiger partial charge < -0.3 is 4.90 Å². The van der Waals surface area contributed by atoms with Crippen LogP contribution >= 0.6 is 0 Å². The minimum absolute atomic E-state index is 0.0636. The zero-order chi connectivity index (χ0) is 12.4. The van der Waals surface area contributed by atoms with Gasteiger partial charge in [0.1, 0.15) is 12.7 Å². The van der Waals surface area contributed by atoms with E-state index in [0.717, 1.165) is 6.42 Å². The van der Waals surface area contributed by atoms with Gasteiger partial charge in [-0.15, -0.1) is 0 Å². The fourth-order valence-electron chi connectivity index (χ4n) is 2.30. The van der Waals surface area contributed by atoms with Crippen LogP contribution < -0.4 is 0 Å². The standard InChI is InChI=1S/C14H15N4/c1-2-8-17-9-7-12-5-3-4-6-13(12)14(17)18-11-15-10-16-18/h3-11,14H,2H2,1H3. The van der Waals surface area contributed by atoms with Crippen molar-refractivity contribution in [1.29, 1.82) is 0 Å². The van der Waals surface area contributed by atoms with Crippen LogP contribution in [0.5, 0.6) is 0 Å². The van der Waals surface area contributed by atoms with Crippen LogP contribution in [0.15, 0.2) is 43.1 Å². The molecule has 1 radical (unpaired) electrons. The molecule has 0 bridgehead atoms. The van der Waals surface area contributed by atoms with Gasteiger partial charge >= 0.3 is 0 Å². The maximum Gasteiger partial charge on any atom is 0.151 e. The van der Waals surface area contributed by atoms with Crippen LogP contribution in [-0.2, 0) is 0 Å². The molecule has 0 amide bonds. The second-order valence-electron chi connectivity index (χ2n) is 4.23. The highest BCUT2D eigenvalue weighted by Crippen LogP contribution is 2.31. The molecule has 1 aliphatic heterocycles. The van der Waals surface area contributed by atoms with Gasteiger partial charge in [-0.25, -0.2) is 9.67 Å². The molecule has 0 aliphatic carbocycles. The third-order valence-corrected chi connectivity index (χ3v) is 3.06. The van der Waals surface area contributed by atoms with E-state index in [2.05, 4.69) is 65.0 Å². The first-order valence-electron chi connectivity index (χ1n) is 6.12. The molecule has 0 fully saturated rings. The summed E-state index contributed by atoms with van der Waals surface area (Å²) in [5, 5.41) is 4.28. The van der Waals surface area contributed by atoms with Crippen LogP contribution in [0.3, 0.4) is 0 Å². The molecule has 1 aromatic carbocycles. The van der Waals surface area contributed by atoms with Gasteiger partial charge in [0.2, 0.25) is 0 Å². The maximum atomic E-state index is 4.28. The quantitative estimate of drug-likeness (QED) is 0.825. The molecule has 2 heterocycles. The summed E-state index contributed by atoms with van der Waals surface area (Å²) in [6.45, 7) is 4.30. The lowest BCUT2D eigenvalue weighted by Crippen LogP contribution is -2.30. The topological polar surface area (TPSA) is 34.0 Å². The van der Waals surface area contributed by atoms with E-state index < -0.39 is 0 Å². The van der Waals surface area contributed by atoms with Gasteiger partial charge in [0.15, 0.2) is 6.17 Å². The van der Waals surface area contributed by atoms with Gasteiger partial charge in [-0.2, -0.15) is 5.10 Å². The zero-order valence-electron chi connectivity index (χ0n) is 10.3. The molecular weight excluding hydrogens is 224 g/mol. The molecule has 4 nitrogen and oxygen atoms in total. The Balaban J connectivity index is 2.07. The first-order chi connectivity index (χ1) is 8.90. The highest BCUT2D eigenvalue weighted by molar-refractivity contribution is 5.57. The first-order valence-corrected chi connectivity index (χ1v) is 6.12. The van der Waals surface area contributed by atoms with Gasteiger partial charge in [0, 0.05) is 11.8 Å². The Morgan fingerprint density at radius 3 is 3.00 bits per heavy atom. The Hall–Kier alpha value is -2.10. The van der Waals surface area contributed by atoms with Gasteiger partial charge in [-0.3, -0.25) is 0 Å². The fraction of sp³-hybridized carbons (Fsp3) is 0.214. The van der Waals surface area contributed by atoms with E-state index >= 15 is 0 Å². The Kier molecular flexibility index (Phi) is 2.84. The lowest BCUT2D eigenvalue weighted by molar-refractivity contribution is 0.265. The Bertz CT molecular complexity index is 545. The number of aromatic nitrogens is 3. The van der Waals surface area contributed by atoms with E-state index in [0.29, 0.717) is 0 Å². The number of benzene rings is 1. The maximum absolute atomic E-state index is 4.28. The van der Waals surface area contributed by atoms with Gasteiger partial charge in [0.25, 0.3) is 0 Å². The lowest BCUT2D eigenvalue weighted by Gasteiger charge is -2.34. The highest BCUT2D eigenvalue weighted by Gasteiger charge is 2.24. The number of fused-ring (bicyclic) bond motifs is 1. The van der Waals surface area contributed by atoms with Crippen LogP contribution in [0.2, 0.25) is 0 Å². The Labute approximate surface area is 107 Å². The third-order valence-electron chi connectivity index (χ3n) is 3.06. The van der Waals surface area contributed by atoms with E-state index in [4.69, 9.17) is 0 Å². The van der Waals surface area contributed by atoms with Crippen molar-refractivity contribution >= 4 is 6.08 Å². The summed E-state index contributed by atoms with van der Waals surface area (Å²) in [7, 11) is 0. The monoisotopic (exact) mass is 239 g/mol. The molecular formula is C14H15N4. The number of nitrogens with zero attached hydrogens (tertiary/aromatic N) is 4. The summed E-state index contributed by atoms with van der Waals surface area (Å²) in [6, 6.07) is 8.38. The highest BCUT2D eigenvalue weighted by atomic mass is 15.4. The minimum atomic E-state index is 0.0636. The van der Waals surface area contributed by atoms with E-state index in [1.165, 1.54) is 11.1 Å². The molecule has 91 valence electrons. The lowest BCUT2D eigenvalue weighted by atomic mass is 10.0. The minimum Gasteiger partial charge on any atom is -0.347 e. The third kappa shape index (κ3) is 1.79. The predicted octanol–water partition coefficient (Wildman–Crippen LogP) is 2.68. The molecule has 2 aromatic rings. The molecule has 0 spiro atoms. The zero-order valence-corrected chi connectivity index (χ0v) is 10.3. The van der Waals surface area contributed by atoms with Gasteiger partial charge in [0.05, 0.1) is 6.54 Å². The van der Waals surface area contributed by atoms with E-state index in [9.17, 15) is 0 Å². The largest absolute Gasteiger partial charge is 0.347 e. The van der Waals surface area contributed by atoms with E-state index in [1.807, 2.05) is 4.68 Å². The normalized spacial score (nSPS) is 17.8. The molecule has 3 rings (SSSR count). The molecule has 0 N–H and O–H groups in total. The van der Waals surface area contributed by atoms with Crippen molar-refractivity contribution in [3.63, 3.8) is 0 Å². The average Bonchev–Trinajstić information content (AvgIpc) is 2.92. The van der Waals surface area contributed by atoms with Crippen molar-refractivity contribution in [2.24, 2.45) is 0 Å². The second kappa shape index (κ2) is 4.64. The van der Waals surface area contributed by atoms with Crippen LogP contribution in [-0.4, -0.2) is 19.7 Å². The molecule has 0 saturated heterocycles. The second-order valence-corrected chi connectivity index (χ2v) is 4.23. The van der Waals surface area contributed by atoms with Gasteiger partial charge in [-0.1, -0.05) is 31.2 Å². The SMILES string of the molecule is CC[CH]N1C=Cc2ccccc2C1n1cncn1. The van der Waals surface area contributed by atoms with Crippen molar-refractivity contribution in [1.82, 2.24) is 19.7 Å². The van der Waals surface area contributed by atoms with E-state index in [-0.39, 0.29) is 6.17 Å². The molecule has 1 atom stereocenters. The smallest absolute Gasteiger partial charge is 0.151 e. The summed E-state index contributed by atoms with van der Waals surface area (Å²) < 4.78 is 1.88. The van der Waals surface area contributed by atoms with Crippen molar-refractivity contribution in [2.45, 2.75) is 19.5 Å². The molecule has 1 unspecified atom stereocenters. The summed E-state index contributed by atoms with van der Waals surface area (Å²) in [6.07, 6.45) is 8.61. The van der Waals surface area contributed by atoms with Crippen LogP contribution in [0, 0.1) is 6.54 Å². The Morgan fingerprint density at radius 2 is 2.22 bits per heavy atom. The van der Waals surface area contributed by atoms with Crippen molar-refractivity contribution < 1.29 is 0 Å². The van der Waals surface area contributed by atoms with Crippen molar-refractivity contribution in [3.8, 4) is 0 Å². The first kappa shape index (κ1) is 11.0. The number of hydrogen-bond acceptors (Lipinski definition) is 3. The average molecular weight is 239 g/mol. The van der Waals surface area contributed by atoms with Crippen molar-refractivity contribution in [3.05, 3.63) is 60.8 Å². The summed E-state index contributed by atoms with van der Waals surface area (Å²) in [5.41, 5.74) is 2.48. The summed E-state index contributed by atoms with van der Waals surface area (Å²) >= 11 is 0. The molecule has 0 saturated carbocycles. The van der Waals surface area contributed by atoms with Crippen LogP contribution in [0.4, 0.5) is 0 Å². The summed E-state index contributed by atoms with van der Waals surface area (Å²) in [4.78, 5) is 6.23. The fourth-order valence-corrected chi connectivity index (χ4v) is 2.30. The van der Waals surface area contributed by atoms with Crippen LogP contribution in [0.25, 0.3) is 6.08 Å². The number of hydrogen-bond donors (Lipinski definition) is 0. The van der Waals surface area contributed by atoms with Crippen molar-refractivity contribution in [2.75, 3.05) is 0 Å². The molecule has 1 aliphatic rings. The molecule has 18 heavy (non-hydrogen) atoms. The summed E-state index contributed by atoms with van der Waals surface area (Å²) in [5.74, 6) is 0. The van der Waals surface area contributed by atoms with E-state index in [1.54, 1.807) is 12.7 Å². The Morgan fingerprint density at radius 1 is 1.33 bits per heavy atom. The molecule has 4 heteroatoms. The molecule has 1 aromatic heterocycles. The van der Waals surface area contributed by atoms with Gasteiger partial charge in [-0.05, 0) is 18.1 Å². The van der Waals surface area contributed by atoms with Crippen LogP contribution in [0.1, 0.15) is 30.6 Å². The number of rotatable bonds is 3.